The molecular formula is C23H16N4O3. The van der Waals surface area contributed by atoms with Gasteiger partial charge in [-0.2, -0.15) is 0 Å². The van der Waals surface area contributed by atoms with Crippen molar-refractivity contribution in [1.82, 2.24) is 19.6 Å². The van der Waals surface area contributed by atoms with Gasteiger partial charge in [0, 0.05) is 18.1 Å². The molecule has 0 saturated heterocycles. The summed E-state index contributed by atoms with van der Waals surface area (Å²) in [4.78, 5) is 9.28. The third-order valence-electron chi connectivity index (χ3n) is 5.27. The summed E-state index contributed by atoms with van der Waals surface area (Å²) in [6.07, 6.45) is 3.86. The number of fused-ring (bicyclic) bond motifs is 4. The molecule has 1 aliphatic heterocycles. The molecule has 7 nitrogen and oxygen atoms in total. The molecule has 0 fully saturated rings. The van der Waals surface area contributed by atoms with Crippen molar-refractivity contribution in [3.63, 3.8) is 0 Å². The summed E-state index contributed by atoms with van der Waals surface area (Å²) in [5.74, 6) is 2.28. The van der Waals surface area contributed by atoms with Gasteiger partial charge in [-0.25, -0.2) is 14.5 Å². The Morgan fingerprint density at radius 1 is 1.03 bits per heavy atom. The number of nitrogens with zero attached hydrogens (tertiary/aromatic N) is 4. The second-order valence-electron chi connectivity index (χ2n) is 7.19. The molecule has 2 aromatic carbocycles. The van der Waals surface area contributed by atoms with Crippen molar-refractivity contribution >= 4 is 5.65 Å². The fourth-order valence-electron chi connectivity index (χ4n) is 3.95. The fourth-order valence-corrected chi connectivity index (χ4v) is 3.95. The lowest BCUT2D eigenvalue weighted by atomic mass is 9.87. The standard InChI is InChI=1S/C23H16N4O3/c28-15-8-9-16-18(12-15)30-23-21(20(16)17-7-4-10-29-17)22-25-19(26-27(22)13-24-23)11-14-5-2-1-3-6-14/h1-10,12-13,20,28H,11H2/t20-/m0/s1. The number of hydrogen-bond acceptors (Lipinski definition) is 6. The topological polar surface area (TPSA) is 85.7 Å². The molecule has 6 rings (SSSR count). The van der Waals surface area contributed by atoms with Crippen molar-refractivity contribution in [3.05, 3.63) is 102 Å². The van der Waals surface area contributed by atoms with Crippen LogP contribution in [0.15, 0.2) is 77.7 Å². The highest BCUT2D eigenvalue weighted by Gasteiger charge is 2.35. The Morgan fingerprint density at radius 2 is 1.93 bits per heavy atom. The molecular weight excluding hydrogens is 380 g/mol. The lowest BCUT2D eigenvalue weighted by Gasteiger charge is -2.26. The van der Waals surface area contributed by atoms with E-state index in [1.165, 1.54) is 0 Å². The van der Waals surface area contributed by atoms with E-state index in [0.29, 0.717) is 29.5 Å². The van der Waals surface area contributed by atoms with E-state index in [4.69, 9.17) is 14.1 Å². The highest BCUT2D eigenvalue weighted by molar-refractivity contribution is 5.65. The molecule has 0 bridgehead atoms. The van der Waals surface area contributed by atoms with Crippen molar-refractivity contribution < 1.29 is 14.3 Å². The number of phenolic OH excluding ortho intramolecular Hbond substituents is 1. The number of aromatic nitrogens is 4. The van der Waals surface area contributed by atoms with Gasteiger partial charge in [-0.15, -0.1) is 5.10 Å². The first-order valence-electron chi connectivity index (χ1n) is 9.58. The number of phenols is 1. The van der Waals surface area contributed by atoms with Crippen molar-refractivity contribution in [2.45, 2.75) is 12.3 Å². The van der Waals surface area contributed by atoms with Crippen LogP contribution in [-0.2, 0) is 6.42 Å². The summed E-state index contributed by atoms with van der Waals surface area (Å²) in [5.41, 5.74) is 3.47. The molecule has 5 aromatic rings. The largest absolute Gasteiger partial charge is 0.508 e. The molecule has 146 valence electrons. The van der Waals surface area contributed by atoms with Gasteiger partial charge in [-0.3, -0.25) is 0 Å². The van der Waals surface area contributed by atoms with Gasteiger partial charge in [-0.1, -0.05) is 36.4 Å². The molecule has 1 aliphatic rings. The van der Waals surface area contributed by atoms with Crippen molar-refractivity contribution in [2.24, 2.45) is 0 Å². The van der Waals surface area contributed by atoms with Crippen LogP contribution in [0, 0.1) is 0 Å². The number of rotatable bonds is 3. The first-order chi connectivity index (χ1) is 14.8. The molecule has 7 heteroatoms. The molecule has 0 radical (unpaired) electrons. The van der Waals surface area contributed by atoms with E-state index < -0.39 is 0 Å². The molecule has 30 heavy (non-hydrogen) atoms. The predicted molar refractivity (Wildman–Crippen MR) is 108 cm³/mol. The fraction of sp³-hybridized carbons (Fsp3) is 0.0870. The van der Waals surface area contributed by atoms with Crippen LogP contribution < -0.4 is 4.74 Å². The molecule has 0 aliphatic carbocycles. The number of hydrogen-bond donors (Lipinski definition) is 1. The van der Waals surface area contributed by atoms with Gasteiger partial charge in [0.15, 0.2) is 11.5 Å². The van der Waals surface area contributed by atoms with Gasteiger partial charge in [0.2, 0.25) is 5.88 Å². The Labute approximate surface area is 171 Å². The molecule has 0 spiro atoms. The molecule has 1 N–H and O–H groups in total. The summed E-state index contributed by atoms with van der Waals surface area (Å²) in [7, 11) is 0. The first kappa shape index (κ1) is 16.8. The second-order valence-corrected chi connectivity index (χ2v) is 7.19. The van der Waals surface area contributed by atoms with Crippen molar-refractivity contribution in [3.8, 4) is 17.4 Å². The van der Waals surface area contributed by atoms with Gasteiger partial charge in [0.1, 0.15) is 23.6 Å². The maximum atomic E-state index is 9.92. The van der Waals surface area contributed by atoms with E-state index in [9.17, 15) is 5.11 Å². The summed E-state index contributed by atoms with van der Waals surface area (Å²) in [6, 6.07) is 18.9. The average Bonchev–Trinajstić information content (AvgIpc) is 3.42. The minimum absolute atomic E-state index is 0.129. The van der Waals surface area contributed by atoms with Crippen LogP contribution in [0.2, 0.25) is 0 Å². The van der Waals surface area contributed by atoms with Crippen LogP contribution in [0.4, 0.5) is 0 Å². The molecule has 4 heterocycles. The van der Waals surface area contributed by atoms with E-state index in [-0.39, 0.29) is 11.7 Å². The number of benzene rings is 2. The Kier molecular flexibility index (Phi) is 3.61. The van der Waals surface area contributed by atoms with Crippen LogP contribution in [0.5, 0.6) is 17.4 Å². The molecule has 3 aromatic heterocycles. The first-order valence-corrected chi connectivity index (χ1v) is 9.58. The van der Waals surface area contributed by atoms with Crippen LogP contribution in [-0.4, -0.2) is 24.7 Å². The van der Waals surface area contributed by atoms with E-state index >= 15 is 0 Å². The minimum atomic E-state index is -0.274. The highest BCUT2D eigenvalue weighted by Crippen LogP contribution is 2.48. The average molecular weight is 396 g/mol. The zero-order valence-electron chi connectivity index (χ0n) is 15.8. The number of aromatic hydroxyl groups is 1. The summed E-state index contributed by atoms with van der Waals surface area (Å²) in [5, 5.41) is 14.5. The molecule has 0 saturated carbocycles. The van der Waals surface area contributed by atoms with Crippen LogP contribution in [0.25, 0.3) is 5.65 Å². The van der Waals surface area contributed by atoms with Gasteiger partial charge in [0.25, 0.3) is 0 Å². The minimum Gasteiger partial charge on any atom is -0.508 e. The van der Waals surface area contributed by atoms with E-state index in [1.54, 1.807) is 29.2 Å². The molecule has 1 atom stereocenters. The van der Waals surface area contributed by atoms with Gasteiger partial charge < -0.3 is 14.3 Å². The van der Waals surface area contributed by atoms with Crippen molar-refractivity contribution in [2.75, 3.05) is 0 Å². The van der Waals surface area contributed by atoms with E-state index in [2.05, 4.69) is 22.2 Å². The Balaban J connectivity index is 1.54. The maximum Gasteiger partial charge on any atom is 0.228 e. The lowest BCUT2D eigenvalue weighted by molar-refractivity contribution is 0.409. The number of furan rings is 1. The van der Waals surface area contributed by atoms with Crippen LogP contribution >= 0.6 is 0 Å². The number of ether oxygens (including phenoxy) is 1. The Morgan fingerprint density at radius 3 is 2.77 bits per heavy atom. The Bertz CT molecular complexity index is 1360. The second kappa shape index (κ2) is 6.45. The molecule has 0 unspecified atom stereocenters. The van der Waals surface area contributed by atoms with Gasteiger partial charge >= 0.3 is 0 Å². The normalized spacial score (nSPS) is 14.9. The summed E-state index contributed by atoms with van der Waals surface area (Å²) in [6.45, 7) is 0. The lowest BCUT2D eigenvalue weighted by Crippen LogP contribution is -2.14. The highest BCUT2D eigenvalue weighted by atomic mass is 16.5. The summed E-state index contributed by atoms with van der Waals surface area (Å²) < 4.78 is 13.5. The third-order valence-corrected chi connectivity index (χ3v) is 5.27. The Hall–Kier alpha value is -4.13. The zero-order valence-corrected chi connectivity index (χ0v) is 15.8. The quantitative estimate of drug-likeness (QED) is 0.480. The maximum absolute atomic E-state index is 9.92. The zero-order chi connectivity index (χ0) is 20.1. The third kappa shape index (κ3) is 2.63. The van der Waals surface area contributed by atoms with E-state index in [1.807, 2.05) is 36.4 Å². The van der Waals surface area contributed by atoms with Gasteiger partial charge in [0.05, 0.1) is 17.7 Å². The summed E-state index contributed by atoms with van der Waals surface area (Å²) >= 11 is 0. The van der Waals surface area contributed by atoms with Crippen LogP contribution in [0.1, 0.15) is 34.2 Å². The van der Waals surface area contributed by atoms with Crippen molar-refractivity contribution in [1.29, 1.82) is 0 Å². The smallest absolute Gasteiger partial charge is 0.228 e. The monoisotopic (exact) mass is 396 g/mol. The predicted octanol–water partition coefficient (Wildman–Crippen LogP) is 4.30. The van der Waals surface area contributed by atoms with Gasteiger partial charge in [-0.05, 0) is 23.8 Å². The van der Waals surface area contributed by atoms with Crippen LogP contribution in [0.3, 0.4) is 0 Å². The molecule has 0 amide bonds. The SMILES string of the molecule is Oc1ccc2c(c1)Oc1ncn3nc(Cc4ccccc4)nc3c1[C@@H]2c1ccco1. The van der Waals surface area contributed by atoms with E-state index in [0.717, 1.165) is 22.5 Å².